The van der Waals surface area contributed by atoms with Gasteiger partial charge in [0, 0.05) is 43.9 Å². The molecule has 9 heteroatoms. The minimum absolute atomic E-state index is 0.243. The highest BCUT2D eigenvalue weighted by Gasteiger charge is 2.30. The van der Waals surface area contributed by atoms with Gasteiger partial charge in [0.15, 0.2) is 0 Å². The molecule has 4 rings (SSSR count). The topological polar surface area (TPSA) is 85.1 Å². The number of sulfonamides is 1. The maximum absolute atomic E-state index is 11.2. The summed E-state index contributed by atoms with van der Waals surface area (Å²) in [7, 11) is -1.17. The van der Waals surface area contributed by atoms with Crippen LogP contribution >= 0.6 is 0 Å². The molecule has 0 saturated heterocycles. The number of hydrogen-bond donors (Lipinski definition) is 1. The van der Waals surface area contributed by atoms with Crippen LogP contribution in [-0.2, 0) is 43.2 Å². The summed E-state index contributed by atoms with van der Waals surface area (Å²) in [5.74, 6) is 0.687. The predicted molar refractivity (Wildman–Crippen MR) is 93.2 cm³/mol. The summed E-state index contributed by atoms with van der Waals surface area (Å²) in [5.41, 5.74) is 4.62. The standard InChI is InChI=1S/C16H24N6O2S/c1-20-16(12-3-4-12)13(8-17-20)10-21-5-6-22-15(11-21)7-14(19-22)9-18-25(2,23)24/h7-8,12,18H,3-6,9-11H2,1-2H3. The zero-order chi connectivity index (χ0) is 17.6. The fourth-order valence-corrected chi connectivity index (χ4v) is 3.95. The van der Waals surface area contributed by atoms with Gasteiger partial charge in [0.05, 0.1) is 36.9 Å². The van der Waals surface area contributed by atoms with Gasteiger partial charge < -0.3 is 0 Å². The predicted octanol–water partition coefficient (Wildman–Crippen LogP) is 0.559. The molecule has 1 aliphatic carbocycles. The molecule has 0 radical (unpaired) electrons. The summed E-state index contributed by atoms with van der Waals surface area (Å²) in [4.78, 5) is 2.41. The number of nitrogens with zero attached hydrogens (tertiary/aromatic N) is 5. The van der Waals surface area contributed by atoms with Gasteiger partial charge in [-0.2, -0.15) is 10.2 Å². The van der Waals surface area contributed by atoms with Crippen LogP contribution in [0.2, 0.25) is 0 Å². The first-order valence-corrected chi connectivity index (χ1v) is 10.5. The van der Waals surface area contributed by atoms with Crippen molar-refractivity contribution in [3.8, 4) is 0 Å². The average Bonchev–Trinajstić information content (AvgIpc) is 3.18. The van der Waals surface area contributed by atoms with Crippen LogP contribution in [0.1, 0.15) is 41.4 Å². The van der Waals surface area contributed by atoms with Crippen LogP contribution in [0.3, 0.4) is 0 Å². The molecule has 0 unspecified atom stereocenters. The normalized spacial score (nSPS) is 18.5. The Morgan fingerprint density at radius 2 is 2.12 bits per heavy atom. The Kier molecular flexibility index (Phi) is 4.17. The molecular formula is C16H24N6O2S. The van der Waals surface area contributed by atoms with Crippen molar-refractivity contribution in [2.75, 3.05) is 12.8 Å². The Bertz CT molecular complexity index is 881. The molecule has 0 amide bonds. The van der Waals surface area contributed by atoms with Gasteiger partial charge in [-0.05, 0) is 18.9 Å². The molecule has 0 spiro atoms. The lowest BCUT2D eigenvalue weighted by atomic mass is 10.1. The lowest BCUT2D eigenvalue weighted by Gasteiger charge is -2.27. The van der Waals surface area contributed by atoms with Gasteiger partial charge in [0.2, 0.25) is 10.0 Å². The Hall–Kier alpha value is -1.71. The first kappa shape index (κ1) is 16.7. The Morgan fingerprint density at radius 1 is 1.32 bits per heavy atom. The van der Waals surface area contributed by atoms with Gasteiger partial charge in [0.25, 0.3) is 0 Å². The van der Waals surface area contributed by atoms with Gasteiger partial charge in [-0.25, -0.2) is 13.1 Å². The van der Waals surface area contributed by atoms with E-state index < -0.39 is 10.0 Å². The lowest BCUT2D eigenvalue weighted by molar-refractivity contribution is 0.204. The first-order valence-electron chi connectivity index (χ1n) is 8.62. The summed E-state index contributed by atoms with van der Waals surface area (Å²) in [6, 6.07) is 2.00. The smallest absolute Gasteiger partial charge is 0.209 e. The van der Waals surface area contributed by atoms with Crippen LogP contribution < -0.4 is 4.72 Å². The van der Waals surface area contributed by atoms with Crippen LogP contribution in [0, 0.1) is 0 Å². The van der Waals surface area contributed by atoms with Gasteiger partial charge in [0.1, 0.15) is 0 Å². The van der Waals surface area contributed by atoms with Crippen LogP contribution in [0.4, 0.5) is 0 Å². The van der Waals surface area contributed by atoms with Gasteiger partial charge in [-0.15, -0.1) is 0 Å². The van der Waals surface area contributed by atoms with Crippen molar-refractivity contribution in [3.63, 3.8) is 0 Å². The molecule has 0 atom stereocenters. The van der Waals surface area contributed by atoms with E-state index in [4.69, 9.17) is 0 Å². The van der Waals surface area contributed by atoms with Crippen LogP contribution in [-0.4, -0.2) is 45.7 Å². The van der Waals surface area contributed by atoms with Crippen molar-refractivity contribution in [2.45, 2.75) is 44.9 Å². The summed E-state index contributed by atoms with van der Waals surface area (Å²) >= 11 is 0. The Morgan fingerprint density at radius 3 is 2.84 bits per heavy atom. The van der Waals surface area contributed by atoms with Gasteiger partial charge in [-0.1, -0.05) is 0 Å². The van der Waals surface area contributed by atoms with E-state index in [2.05, 4.69) is 19.8 Å². The number of hydrogen-bond acceptors (Lipinski definition) is 5. The highest BCUT2D eigenvalue weighted by molar-refractivity contribution is 7.88. The third-order valence-corrected chi connectivity index (χ3v) is 5.53. The Labute approximate surface area is 147 Å². The molecule has 1 N–H and O–H groups in total. The van der Waals surface area contributed by atoms with Crippen LogP contribution in [0.25, 0.3) is 0 Å². The second-order valence-corrected chi connectivity index (χ2v) is 8.94. The van der Waals surface area contributed by atoms with E-state index in [-0.39, 0.29) is 6.54 Å². The molecule has 2 aromatic rings. The molecule has 1 saturated carbocycles. The van der Waals surface area contributed by atoms with Crippen molar-refractivity contribution < 1.29 is 8.42 Å². The second-order valence-electron chi connectivity index (χ2n) is 7.11. The first-order chi connectivity index (χ1) is 11.9. The summed E-state index contributed by atoms with van der Waals surface area (Å²) in [6.07, 6.45) is 5.71. The lowest BCUT2D eigenvalue weighted by Crippen LogP contribution is -2.33. The van der Waals surface area contributed by atoms with E-state index in [0.29, 0.717) is 5.92 Å². The largest absolute Gasteiger partial charge is 0.291 e. The maximum atomic E-state index is 11.2. The number of aryl methyl sites for hydroxylation is 1. The third-order valence-electron chi connectivity index (χ3n) is 4.87. The SMILES string of the molecule is Cn1ncc(CN2CCn3nc(CNS(C)(=O)=O)cc3C2)c1C1CC1. The third kappa shape index (κ3) is 3.78. The van der Waals surface area contributed by atoms with E-state index in [1.54, 1.807) is 0 Å². The van der Waals surface area contributed by atoms with Crippen molar-refractivity contribution in [3.05, 3.63) is 34.9 Å². The van der Waals surface area contributed by atoms with Gasteiger partial charge in [-0.3, -0.25) is 14.3 Å². The molecule has 2 aliphatic rings. The summed E-state index contributed by atoms with van der Waals surface area (Å²) in [6.45, 7) is 3.74. The number of rotatable bonds is 6. The molecule has 0 bridgehead atoms. The van der Waals surface area contributed by atoms with E-state index in [9.17, 15) is 8.42 Å². The molecule has 8 nitrogen and oxygen atoms in total. The number of nitrogens with one attached hydrogen (secondary N) is 1. The number of aromatic nitrogens is 4. The monoisotopic (exact) mass is 364 g/mol. The van der Waals surface area contributed by atoms with Gasteiger partial charge >= 0.3 is 0 Å². The minimum Gasteiger partial charge on any atom is -0.291 e. The highest BCUT2D eigenvalue weighted by Crippen LogP contribution is 2.41. The molecule has 2 aromatic heterocycles. The molecule has 25 heavy (non-hydrogen) atoms. The molecule has 136 valence electrons. The Balaban J connectivity index is 1.43. The van der Waals surface area contributed by atoms with Crippen molar-refractivity contribution >= 4 is 10.0 Å². The maximum Gasteiger partial charge on any atom is 0.209 e. The molecule has 1 aliphatic heterocycles. The fourth-order valence-electron chi connectivity index (χ4n) is 3.54. The van der Waals surface area contributed by atoms with Crippen molar-refractivity contribution in [1.29, 1.82) is 0 Å². The molecule has 3 heterocycles. The van der Waals surface area contributed by atoms with E-state index in [1.165, 1.54) is 24.1 Å². The average molecular weight is 364 g/mol. The van der Waals surface area contributed by atoms with E-state index in [1.807, 2.05) is 28.7 Å². The van der Waals surface area contributed by atoms with E-state index in [0.717, 1.165) is 43.8 Å². The van der Waals surface area contributed by atoms with Crippen molar-refractivity contribution in [1.82, 2.24) is 29.2 Å². The summed E-state index contributed by atoms with van der Waals surface area (Å²) in [5, 5.41) is 8.95. The van der Waals surface area contributed by atoms with Crippen LogP contribution in [0.5, 0.6) is 0 Å². The summed E-state index contributed by atoms with van der Waals surface area (Å²) < 4.78 is 29.0. The van der Waals surface area contributed by atoms with E-state index >= 15 is 0 Å². The fraction of sp³-hybridized carbons (Fsp3) is 0.625. The highest BCUT2D eigenvalue weighted by atomic mass is 32.2. The van der Waals surface area contributed by atoms with Crippen molar-refractivity contribution in [2.24, 2.45) is 7.05 Å². The minimum atomic E-state index is -3.20. The zero-order valence-electron chi connectivity index (χ0n) is 14.6. The quantitative estimate of drug-likeness (QED) is 0.810. The molecule has 0 aromatic carbocycles. The number of fused-ring (bicyclic) bond motifs is 1. The molecule has 1 fully saturated rings. The van der Waals surface area contributed by atoms with Crippen LogP contribution in [0.15, 0.2) is 12.3 Å². The second kappa shape index (κ2) is 6.22. The zero-order valence-corrected chi connectivity index (χ0v) is 15.5. The molecular weight excluding hydrogens is 340 g/mol.